The normalized spacial score (nSPS) is 41.6. The summed E-state index contributed by atoms with van der Waals surface area (Å²) in [5.74, 6) is -3.99. The predicted molar refractivity (Wildman–Crippen MR) is 68.3 cm³/mol. The van der Waals surface area contributed by atoms with Gasteiger partial charge in [-0.1, -0.05) is 23.8 Å². The summed E-state index contributed by atoms with van der Waals surface area (Å²) >= 11 is 0. The molecule has 2 nitrogen and oxygen atoms in total. The van der Waals surface area contributed by atoms with Gasteiger partial charge >= 0.3 is 0 Å². The maximum atomic E-state index is 12.0. The van der Waals surface area contributed by atoms with Crippen molar-refractivity contribution in [2.45, 2.75) is 32.5 Å². The number of nitrogens with two attached hydrogens (primary N) is 1. The van der Waals surface area contributed by atoms with Crippen molar-refractivity contribution >= 4 is 11.5 Å². The summed E-state index contributed by atoms with van der Waals surface area (Å²) in [6, 6.07) is 5.20. The molecule has 0 saturated carbocycles. The summed E-state index contributed by atoms with van der Waals surface area (Å²) in [6.45, 7) is 1.80. The standard InChI is InChI=1S/C15H17NO/c1-9-5-6-10-8-14-11(13(10)7-9)3-2-4-12(14)15(16)17/h5-7,12H,2-4,8H2,1H3,(H2,16,17)/t12-/m0/s1/i2D2,3D2,4D2,12D. The summed E-state index contributed by atoms with van der Waals surface area (Å²) in [5.41, 5.74) is 7.00. The lowest BCUT2D eigenvalue weighted by molar-refractivity contribution is -0.121. The maximum Gasteiger partial charge on any atom is 0.224 e. The topological polar surface area (TPSA) is 43.1 Å². The molecule has 0 saturated heterocycles. The highest BCUT2D eigenvalue weighted by molar-refractivity contribution is 5.87. The smallest absolute Gasteiger partial charge is 0.224 e. The van der Waals surface area contributed by atoms with Crippen LogP contribution in [0.5, 0.6) is 0 Å². The molecule has 3 rings (SSSR count). The maximum absolute atomic E-state index is 12.0. The summed E-state index contributed by atoms with van der Waals surface area (Å²) in [5, 5.41) is 0. The number of hydrogen-bond donors (Lipinski definition) is 1. The zero-order chi connectivity index (χ0) is 18.3. The molecule has 0 bridgehead atoms. The molecule has 1 aromatic carbocycles. The molecule has 2 aliphatic rings. The third-order valence-electron chi connectivity index (χ3n) is 3.13. The zero-order valence-electron chi connectivity index (χ0n) is 16.4. The average molecular weight is 234 g/mol. The van der Waals surface area contributed by atoms with Gasteiger partial charge in [0.2, 0.25) is 5.91 Å². The minimum absolute atomic E-state index is 0.00644. The number of carbonyl (C=O) groups is 1. The molecule has 0 fully saturated rings. The van der Waals surface area contributed by atoms with Crippen molar-refractivity contribution in [1.82, 2.24) is 0 Å². The number of primary amides is 1. The Morgan fingerprint density at radius 2 is 2.41 bits per heavy atom. The highest BCUT2D eigenvalue weighted by Crippen LogP contribution is 2.44. The van der Waals surface area contributed by atoms with Gasteiger partial charge in [0, 0.05) is 9.60 Å². The highest BCUT2D eigenvalue weighted by Gasteiger charge is 2.32. The first-order chi connectivity index (χ1) is 10.8. The molecule has 0 spiro atoms. The molecule has 0 aromatic heterocycles. The van der Waals surface area contributed by atoms with Crippen LogP contribution in [0.2, 0.25) is 0 Å². The number of aryl methyl sites for hydroxylation is 1. The number of fused-ring (bicyclic) bond motifs is 2. The second kappa shape index (κ2) is 3.73. The van der Waals surface area contributed by atoms with Crippen LogP contribution >= 0.6 is 0 Å². The summed E-state index contributed by atoms with van der Waals surface area (Å²) < 4.78 is 57.4. The van der Waals surface area contributed by atoms with Crippen LogP contribution in [0.1, 0.15) is 45.4 Å². The first kappa shape index (κ1) is 5.38. The van der Waals surface area contributed by atoms with Gasteiger partial charge in [0.1, 0.15) is 0 Å². The molecule has 1 aromatic rings. The molecular formula is C15H17NO. The van der Waals surface area contributed by atoms with Crippen LogP contribution in [-0.2, 0) is 11.2 Å². The van der Waals surface area contributed by atoms with E-state index in [4.69, 9.17) is 15.3 Å². The number of amides is 1. The number of rotatable bonds is 1. The van der Waals surface area contributed by atoms with Gasteiger partial charge in [0.05, 0.1) is 5.89 Å². The van der Waals surface area contributed by atoms with Gasteiger partial charge in [0.25, 0.3) is 0 Å². The summed E-state index contributed by atoms with van der Waals surface area (Å²) in [7, 11) is 0. The van der Waals surface area contributed by atoms with E-state index in [0.717, 1.165) is 5.56 Å². The van der Waals surface area contributed by atoms with E-state index in [-0.39, 0.29) is 17.6 Å². The molecule has 2 heteroatoms. The van der Waals surface area contributed by atoms with Crippen molar-refractivity contribution in [3.8, 4) is 0 Å². The Labute approximate surface area is 111 Å². The fourth-order valence-electron chi connectivity index (χ4n) is 2.32. The second-order valence-electron chi connectivity index (χ2n) is 4.31. The van der Waals surface area contributed by atoms with Crippen LogP contribution in [-0.4, -0.2) is 5.91 Å². The number of carbonyl (C=O) groups excluding carboxylic acids is 1. The Balaban J connectivity index is 2.44. The third kappa shape index (κ3) is 1.59. The second-order valence-corrected chi connectivity index (χ2v) is 4.31. The lowest BCUT2D eigenvalue weighted by Gasteiger charge is -2.22. The van der Waals surface area contributed by atoms with Crippen LogP contribution in [0, 0.1) is 12.8 Å². The van der Waals surface area contributed by atoms with Gasteiger partial charge in [-0.25, -0.2) is 0 Å². The van der Waals surface area contributed by atoms with Gasteiger partial charge in [-0.2, -0.15) is 0 Å². The SMILES string of the molecule is [2H]C1([2H])C2=C(Cc3ccc(C)cc32)[C@@]([2H])(C(N)=O)C([2H])([2H])C1([2H])[2H]. The number of hydrogen-bond acceptors (Lipinski definition) is 1. The van der Waals surface area contributed by atoms with Crippen LogP contribution in [0.4, 0.5) is 0 Å². The molecule has 88 valence electrons. The quantitative estimate of drug-likeness (QED) is 0.797. The van der Waals surface area contributed by atoms with E-state index in [1.165, 1.54) is 0 Å². The van der Waals surface area contributed by atoms with Gasteiger partial charge < -0.3 is 5.73 Å². The minimum Gasteiger partial charge on any atom is -0.369 e. The van der Waals surface area contributed by atoms with E-state index in [2.05, 4.69) is 0 Å². The highest BCUT2D eigenvalue weighted by atomic mass is 16.1. The van der Waals surface area contributed by atoms with E-state index >= 15 is 0 Å². The average Bonchev–Trinajstić information content (AvgIpc) is 2.83. The van der Waals surface area contributed by atoms with Crippen molar-refractivity contribution in [3.63, 3.8) is 0 Å². The lowest BCUT2D eigenvalue weighted by Crippen LogP contribution is -2.27. The predicted octanol–water partition coefficient (Wildman–Crippen LogP) is 2.59. The van der Waals surface area contributed by atoms with E-state index < -0.39 is 30.9 Å². The minimum atomic E-state index is -3.12. The van der Waals surface area contributed by atoms with E-state index in [1.807, 2.05) is 0 Å². The fraction of sp³-hybridized carbons (Fsp3) is 0.400. The van der Waals surface area contributed by atoms with Gasteiger partial charge in [-0.05, 0) is 54.7 Å². The van der Waals surface area contributed by atoms with Crippen LogP contribution in [0.15, 0.2) is 23.8 Å². The molecule has 1 atom stereocenters. The van der Waals surface area contributed by atoms with Crippen molar-refractivity contribution in [2.24, 2.45) is 11.6 Å². The van der Waals surface area contributed by atoms with Gasteiger partial charge in [-0.15, -0.1) is 0 Å². The van der Waals surface area contributed by atoms with Crippen LogP contribution < -0.4 is 5.73 Å². The molecular weight excluding hydrogens is 210 g/mol. The molecule has 0 aliphatic heterocycles. The third-order valence-corrected chi connectivity index (χ3v) is 3.13. The first-order valence-corrected chi connectivity index (χ1v) is 5.44. The van der Waals surface area contributed by atoms with Crippen molar-refractivity contribution < 1.29 is 14.4 Å². The summed E-state index contributed by atoms with van der Waals surface area (Å²) in [6.07, 6.45) is -8.93. The van der Waals surface area contributed by atoms with Crippen molar-refractivity contribution in [2.75, 3.05) is 0 Å². The molecule has 0 radical (unpaired) electrons. The Kier molecular flexibility index (Phi) is 1.18. The molecule has 2 N–H and O–H groups in total. The lowest BCUT2D eigenvalue weighted by atomic mass is 9.82. The fourth-order valence-corrected chi connectivity index (χ4v) is 2.32. The van der Waals surface area contributed by atoms with Gasteiger partial charge in [-0.3, -0.25) is 4.79 Å². The largest absolute Gasteiger partial charge is 0.369 e. The van der Waals surface area contributed by atoms with Crippen LogP contribution in [0.3, 0.4) is 0 Å². The van der Waals surface area contributed by atoms with E-state index in [1.54, 1.807) is 25.1 Å². The molecule has 0 unspecified atom stereocenters. The Morgan fingerprint density at radius 1 is 1.59 bits per heavy atom. The molecule has 2 aliphatic carbocycles. The van der Waals surface area contributed by atoms with E-state index in [9.17, 15) is 4.79 Å². The first-order valence-electron chi connectivity index (χ1n) is 8.94. The van der Waals surface area contributed by atoms with Crippen LogP contribution in [0.25, 0.3) is 5.57 Å². The zero-order valence-corrected chi connectivity index (χ0v) is 9.42. The monoisotopic (exact) mass is 234 g/mol. The number of allylic oxidation sites excluding steroid dienone is 1. The molecule has 0 heterocycles. The van der Waals surface area contributed by atoms with Gasteiger partial charge in [0.15, 0.2) is 0 Å². The van der Waals surface area contributed by atoms with E-state index in [0.29, 0.717) is 11.1 Å². The molecule has 1 amide bonds. The Hall–Kier alpha value is -1.57. The molecule has 17 heavy (non-hydrogen) atoms. The number of benzene rings is 1. The Morgan fingerprint density at radius 3 is 3.18 bits per heavy atom. The van der Waals surface area contributed by atoms with Crippen molar-refractivity contribution in [3.05, 3.63) is 40.5 Å². The Bertz CT molecular complexity index is 799. The summed E-state index contributed by atoms with van der Waals surface area (Å²) in [4.78, 5) is 12.0. The van der Waals surface area contributed by atoms with Crippen molar-refractivity contribution in [1.29, 1.82) is 0 Å².